The number of esters is 1. The first-order chi connectivity index (χ1) is 9.27. The molecule has 0 bridgehead atoms. The minimum atomic E-state index is -3.82. The van der Waals surface area contributed by atoms with Gasteiger partial charge in [0.1, 0.15) is 0 Å². The molecule has 0 fully saturated rings. The summed E-state index contributed by atoms with van der Waals surface area (Å²) >= 11 is 5.77. The summed E-state index contributed by atoms with van der Waals surface area (Å²) in [6, 6.07) is 3.80. The van der Waals surface area contributed by atoms with E-state index in [0.29, 0.717) is 6.42 Å². The van der Waals surface area contributed by atoms with Crippen molar-refractivity contribution < 1.29 is 17.9 Å². The molecule has 0 aliphatic rings. The Labute approximate surface area is 135 Å². The van der Waals surface area contributed by atoms with E-state index < -0.39 is 16.0 Å². The number of rotatable bonds is 6. The molecule has 1 aromatic rings. The second kappa shape index (κ2) is 8.55. The number of carbonyl (C=O) groups is 1. The smallest absolute Gasteiger partial charge is 0.339 e. The molecule has 0 heterocycles. The molecule has 0 saturated heterocycles. The molecule has 0 spiro atoms. The first-order valence-corrected chi connectivity index (χ1v) is 7.77. The third-order valence-electron chi connectivity index (χ3n) is 2.53. The van der Waals surface area contributed by atoms with Crippen molar-refractivity contribution in [1.82, 2.24) is 4.72 Å². The molecule has 1 rings (SSSR count). The summed E-state index contributed by atoms with van der Waals surface area (Å²) in [5, 5.41) is 0.250. The van der Waals surface area contributed by atoms with E-state index in [4.69, 9.17) is 17.3 Å². The van der Waals surface area contributed by atoms with Gasteiger partial charge >= 0.3 is 5.97 Å². The van der Waals surface area contributed by atoms with Gasteiger partial charge in [0.25, 0.3) is 0 Å². The van der Waals surface area contributed by atoms with Crippen molar-refractivity contribution in [1.29, 1.82) is 0 Å². The third kappa shape index (κ3) is 5.80. The fourth-order valence-corrected chi connectivity index (χ4v) is 2.90. The fourth-order valence-electron chi connectivity index (χ4n) is 1.50. The van der Waals surface area contributed by atoms with Crippen molar-refractivity contribution in [2.24, 2.45) is 5.73 Å². The monoisotopic (exact) mass is 356 g/mol. The van der Waals surface area contributed by atoms with Gasteiger partial charge in [-0.1, -0.05) is 11.6 Å². The Kier molecular flexibility index (Phi) is 8.20. The molecule has 0 saturated carbocycles. The summed E-state index contributed by atoms with van der Waals surface area (Å²) in [6.07, 6.45) is 0.486. The maximum atomic E-state index is 12.2. The second-order valence-corrected chi connectivity index (χ2v) is 6.47. The number of ether oxygens (including phenoxy) is 1. The molecule has 1 unspecified atom stereocenters. The third-order valence-corrected chi connectivity index (χ3v) is 4.28. The minimum Gasteiger partial charge on any atom is -0.465 e. The molecule has 0 aliphatic heterocycles. The van der Waals surface area contributed by atoms with Crippen molar-refractivity contribution in [2.75, 3.05) is 13.7 Å². The molecule has 0 amide bonds. The van der Waals surface area contributed by atoms with Gasteiger partial charge in [0.2, 0.25) is 10.0 Å². The van der Waals surface area contributed by atoms with Crippen molar-refractivity contribution in [2.45, 2.75) is 24.3 Å². The Morgan fingerprint density at radius 3 is 2.62 bits per heavy atom. The van der Waals surface area contributed by atoms with Crippen LogP contribution in [0.15, 0.2) is 23.1 Å². The van der Waals surface area contributed by atoms with Crippen LogP contribution in [0.3, 0.4) is 0 Å². The van der Waals surface area contributed by atoms with Gasteiger partial charge in [-0.05, 0) is 31.5 Å². The Balaban J connectivity index is 0.00000400. The highest BCUT2D eigenvalue weighted by atomic mass is 35.5. The number of carbonyl (C=O) groups excluding carboxylic acids is 1. The maximum absolute atomic E-state index is 12.2. The molecule has 21 heavy (non-hydrogen) atoms. The first-order valence-electron chi connectivity index (χ1n) is 5.91. The molecular weight excluding hydrogens is 339 g/mol. The molecule has 9 heteroatoms. The Hall–Kier alpha value is -0.860. The average molecular weight is 357 g/mol. The van der Waals surface area contributed by atoms with E-state index >= 15 is 0 Å². The van der Waals surface area contributed by atoms with Gasteiger partial charge in [0, 0.05) is 17.6 Å². The van der Waals surface area contributed by atoms with Gasteiger partial charge in [-0.15, -0.1) is 12.4 Å². The topological polar surface area (TPSA) is 98.5 Å². The largest absolute Gasteiger partial charge is 0.465 e. The van der Waals surface area contributed by atoms with Crippen LogP contribution in [0.2, 0.25) is 5.02 Å². The van der Waals surface area contributed by atoms with Crippen molar-refractivity contribution >= 4 is 40.0 Å². The van der Waals surface area contributed by atoms with Crippen molar-refractivity contribution in [3.63, 3.8) is 0 Å². The van der Waals surface area contributed by atoms with Gasteiger partial charge < -0.3 is 10.5 Å². The lowest BCUT2D eigenvalue weighted by Crippen LogP contribution is -2.30. The second-order valence-electron chi connectivity index (χ2n) is 4.30. The number of nitrogens with two attached hydrogens (primary N) is 1. The summed E-state index contributed by atoms with van der Waals surface area (Å²) in [4.78, 5) is 11.5. The number of methoxy groups -OCH3 is 1. The number of benzene rings is 1. The predicted molar refractivity (Wildman–Crippen MR) is 83.5 cm³/mol. The zero-order valence-corrected chi connectivity index (χ0v) is 14.0. The van der Waals surface area contributed by atoms with Crippen LogP contribution in [0.25, 0.3) is 0 Å². The van der Waals surface area contributed by atoms with Gasteiger partial charge in [-0.25, -0.2) is 17.9 Å². The summed E-state index contributed by atoms with van der Waals surface area (Å²) in [6.45, 7) is 1.96. The first kappa shape index (κ1) is 20.1. The van der Waals surface area contributed by atoms with Crippen LogP contribution in [0.5, 0.6) is 0 Å². The van der Waals surface area contributed by atoms with Gasteiger partial charge in [0.15, 0.2) is 0 Å². The Bertz CT molecular complexity index is 591. The average Bonchev–Trinajstić information content (AvgIpc) is 2.36. The van der Waals surface area contributed by atoms with E-state index in [1.165, 1.54) is 25.3 Å². The lowest BCUT2D eigenvalue weighted by atomic mass is 10.2. The number of halogens is 2. The van der Waals surface area contributed by atoms with E-state index in [9.17, 15) is 13.2 Å². The molecule has 1 atom stereocenters. The SMILES string of the molecule is COC(=O)c1cc(Cl)ccc1S(=O)(=O)NCCC(C)N.Cl. The van der Waals surface area contributed by atoms with Crippen LogP contribution in [0, 0.1) is 0 Å². The van der Waals surface area contributed by atoms with Crippen LogP contribution in [-0.2, 0) is 14.8 Å². The molecule has 1 aromatic carbocycles. The summed E-state index contributed by atoms with van der Waals surface area (Å²) < 4.78 is 31.3. The molecule has 0 aromatic heterocycles. The van der Waals surface area contributed by atoms with Gasteiger partial charge in [-0.2, -0.15) is 0 Å². The zero-order valence-electron chi connectivity index (χ0n) is 11.6. The number of hydrogen-bond donors (Lipinski definition) is 2. The summed E-state index contributed by atoms with van der Waals surface area (Å²) in [7, 11) is -2.65. The molecule has 3 N–H and O–H groups in total. The van der Waals surface area contributed by atoms with Crippen LogP contribution in [0.4, 0.5) is 0 Å². The van der Waals surface area contributed by atoms with Crippen LogP contribution in [0.1, 0.15) is 23.7 Å². The highest BCUT2D eigenvalue weighted by Gasteiger charge is 2.23. The normalized spacial score (nSPS) is 12.4. The van der Waals surface area contributed by atoms with Gasteiger partial charge in [-0.3, -0.25) is 0 Å². The minimum absolute atomic E-state index is 0. The van der Waals surface area contributed by atoms with E-state index in [1.54, 1.807) is 6.92 Å². The quantitative estimate of drug-likeness (QED) is 0.753. The van der Waals surface area contributed by atoms with E-state index in [1.807, 2.05) is 0 Å². The molecule has 0 radical (unpaired) electrons. The van der Waals surface area contributed by atoms with Crippen LogP contribution in [-0.4, -0.2) is 34.1 Å². The van der Waals surface area contributed by atoms with Crippen molar-refractivity contribution in [3.8, 4) is 0 Å². The standard InChI is InChI=1S/C12H17ClN2O4S.ClH/c1-8(14)5-6-15-20(17,18)11-4-3-9(13)7-10(11)12(16)19-2;/h3-4,7-8,15H,5-6,14H2,1-2H3;1H. The fraction of sp³-hybridized carbons (Fsp3) is 0.417. The summed E-state index contributed by atoms with van der Waals surface area (Å²) in [5.74, 6) is -0.764. The predicted octanol–water partition coefficient (Wildman–Crippen LogP) is 1.56. The highest BCUT2D eigenvalue weighted by Crippen LogP contribution is 2.21. The lowest BCUT2D eigenvalue weighted by molar-refractivity contribution is 0.0596. The number of hydrogen-bond acceptors (Lipinski definition) is 5. The lowest BCUT2D eigenvalue weighted by Gasteiger charge is -2.11. The Morgan fingerprint density at radius 2 is 2.10 bits per heavy atom. The molecule has 0 aliphatic carbocycles. The highest BCUT2D eigenvalue weighted by molar-refractivity contribution is 7.89. The van der Waals surface area contributed by atoms with Crippen molar-refractivity contribution in [3.05, 3.63) is 28.8 Å². The molecule has 6 nitrogen and oxygen atoms in total. The van der Waals surface area contributed by atoms with Crippen LogP contribution < -0.4 is 10.5 Å². The molecule has 120 valence electrons. The number of nitrogens with one attached hydrogen (secondary N) is 1. The summed E-state index contributed by atoms with van der Waals surface area (Å²) in [5.41, 5.74) is 5.45. The number of sulfonamides is 1. The van der Waals surface area contributed by atoms with E-state index in [0.717, 1.165) is 0 Å². The molecular formula is C12H18Cl2N2O4S. The van der Waals surface area contributed by atoms with Crippen LogP contribution >= 0.6 is 24.0 Å². The zero-order chi connectivity index (χ0) is 15.3. The van der Waals surface area contributed by atoms with E-state index in [2.05, 4.69) is 9.46 Å². The maximum Gasteiger partial charge on any atom is 0.339 e. The van der Waals surface area contributed by atoms with E-state index in [-0.39, 0.29) is 40.5 Å². The Morgan fingerprint density at radius 1 is 1.48 bits per heavy atom. The van der Waals surface area contributed by atoms with Gasteiger partial charge in [0.05, 0.1) is 17.6 Å².